The number of benzene rings is 1. The molecule has 1 aromatic heterocycles. The number of fused-ring (bicyclic) bond motifs is 1. The van der Waals surface area contributed by atoms with Gasteiger partial charge in [0.25, 0.3) is 0 Å². The molecule has 0 bridgehead atoms. The van der Waals surface area contributed by atoms with Gasteiger partial charge in [-0.15, -0.1) is 0 Å². The van der Waals surface area contributed by atoms with Gasteiger partial charge in [-0.05, 0) is 27.7 Å². The standard InChI is InChI=1S/C18H18F4N2O5/c1-6-28-16(26)8-7-24(23(5)17(27)29-18(2,3)4)14-9(15(8)25)10(19)11(20)12(21)13(14)22/h7H,6H2,1-5H3. The summed E-state index contributed by atoms with van der Waals surface area (Å²) in [6.07, 6.45) is -0.450. The zero-order valence-corrected chi connectivity index (χ0v) is 16.2. The first-order chi connectivity index (χ1) is 13.3. The van der Waals surface area contributed by atoms with Crippen LogP contribution in [0.1, 0.15) is 38.1 Å². The fourth-order valence-corrected chi connectivity index (χ4v) is 2.43. The number of nitrogens with zero attached hydrogens (tertiary/aromatic N) is 2. The van der Waals surface area contributed by atoms with E-state index in [4.69, 9.17) is 4.74 Å². The smallest absolute Gasteiger partial charge is 0.429 e. The number of carbonyl (C=O) groups excluding carboxylic acids is 2. The molecule has 0 atom stereocenters. The molecule has 11 heteroatoms. The van der Waals surface area contributed by atoms with Crippen LogP contribution in [0.2, 0.25) is 0 Å². The Morgan fingerprint density at radius 1 is 1.07 bits per heavy atom. The fraction of sp³-hybridized carbons (Fsp3) is 0.389. The lowest BCUT2D eigenvalue weighted by molar-refractivity contribution is 0.0513. The second kappa shape index (κ2) is 7.72. The van der Waals surface area contributed by atoms with Crippen LogP contribution < -0.4 is 10.4 Å². The Labute approximate surface area is 162 Å². The van der Waals surface area contributed by atoms with Crippen LogP contribution in [0.5, 0.6) is 0 Å². The van der Waals surface area contributed by atoms with Crippen molar-refractivity contribution in [1.29, 1.82) is 0 Å². The highest BCUT2D eigenvalue weighted by Crippen LogP contribution is 2.26. The van der Waals surface area contributed by atoms with E-state index in [1.54, 1.807) is 0 Å². The Hall–Kier alpha value is -3.11. The van der Waals surface area contributed by atoms with E-state index in [0.29, 0.717) is 15.9 Å². The van der Waals surface area contributed by atoms with Crippen molar-refractivity contribution in [2.75, 3.05) is 18.7 Å². The summed E-state index contributed by atoms with van der Waals surface area (Å²) in [6, 6.07) is 0. The van der Waals surface area contributed by atoms with E-state index in [0.717, 1.165) is 7.05 Å². The van der Waals surface area contributed by atoms with Crippen molar-refractivity contribution in [2.45, 2.75) is 33.3 Å². The average Bonchev–Trinajstić information content (AvgIpc) is 2.62. The van der Waals surface area contributed by atoms with Crippen molar-refractivity contribution in [3.63, 3.8) is 0 Å². The molecule has 158 valence electrons. The van der Waals surface area contributed by atoms with Gasteiger partial charge in [0.1, 0.15) is 16.7 Å². The van der Waals surface area contributed by atoms with Gasteiger partial charge in [0.15, 0.2) is 23.3 Å². The first-order valence-corrected chi connectivity index (χ1v) is 8.37. The lowest BCUT2D eigenvalue weighted by atomic mass is 10.1. The van der Waals surface area contributed by atoms with Crippen molar-refractivity contribution < 1.29 is 36.6 Å². The van der Waals surface area contributed by atoms with Gasteiger partial charge in [0.05, 0.1) is 12.0 Å². The van der Waals surface area contributed by atoms with Gasteiger partial charge in [0, 0.05) is 13.2 Å². The molecule has 0 spiro atoms. The van der Waals surface area contributed by atoms with Crippen molar-refractivity contribution in [1.82, 2.24) is 4.68 Å². The normalized spacial score (nSPS) is 11.5. The molecule has 1 heterocycles. The molecule has 0 aliphatic rings. The summed E-state index contributed by atoms with van der Waals surface area (Å²) in [5.74, 6) is -9.59. The number of hydrogen-bond donors (Lipinski definition) is 0. The van der Waals surface area contributed by atoms with Gasteiger partial charge in [-0.25, -0.2) is 32.2 Å². The highest BCUT2D eigenvalue weighted by Gasteiger charge is 2.30. The number of halogens is 4. The Bertz CT molecular complexity index is 1060. The van der Waals surface area contributed by atoms with Gasteiger partial charge < -0.3 is 9.47 Å². The maximum atomic E-state index is 14.5. The predicted octanol–water partition coefficient (Wildman–Crippen LogP) is 3.24. The fourth-order valence-electron chi connectivity index (χ4n) is 2.43. The van der Waals surface area contributed by atoms with Crippen LogP contribution in [0.4, 0.5) is 22.4 Å². The van der Waals surface area contributed by atoms with Gasteiger partial charge >= 0.3 is 12.1 Å². The second-order valence-corrected chi connectivity index (χ2v) is 6.92. The second-order valence-electron chi connectivity index (χ2n) is 6.92. The van der Waals surface area contributed by atoms with Crippen molar-refractivity contribution in [2.24, 2.45) is 0 Å². The van der Waals surface area contributed by atoms with Crippen LogP contribution in [-0.4, -0.2) is 36.0 Å². The number of rotatable bonds is 3. The molecule has 0 N–H and O–H groups in total. The monoisotopic (exact) mass is 418 g/mol. The molecule has 7 nitrogen and oxygen atoms in total. The van der Waals surface area contributed by atoms with E-state index in [-0.39, 0.29) is 6.61 Å². The van der Waals surface area contributed by atoms with E-state index in [2.05, 4.69) is 4.74 Å². The molecule has 1 aromatic carbocycles. The van der Waals surface area contributed by atoms with Gasteiger partial charge in [0.2, 0.25) is 5.43 Å². The zero-order valence-electron chi connectivity index (χ0n) is 16.2. The number of hydrogen-bond acceptors (Lipinski definition) is 5. The first-order valence-electron chi connectivity index (χ1n) is 8.37. The van der Waals surface area contributed by atoms with Gasteiger partial charge in [-0.3, -0.25) is 9.47 Å². The predicted molar refractivity (Wildman–Crippen MR) is 94.4 cm³/mol. The number of amides is 1. The van der Waals surface area contributed by atoms with Crippen molar-refractivity contribution in [3.8, 4) is 0 Å². The molecule has 29 heavy (non-hydrogen) atoms. The minimum absolute atomic E-state index is 0.160. The highest BCUT2D eigenvalue weighted by molar-refractivity contribution is 5.95. The molecule has 0 aliphatic heterocycles. The minimum Gasteiger partial charge on any atom is -0.462 e. The van der Waals surface area contributed by atoms with Crippen LogP contribution in [0.3, 0.4) is 0 Å². The molecule has 0 unspecified atom stereocenters. The van der Waals surface area contributed by atoms with E-state index in [1.165, 1.54) is 27.7 Å². The minimum atomic E-state index is -2.24. The summed E-state index contributed by atoms with van der Waals surface area (Å²) in [6.45, 7) is 5.86. The molecule has 0 saturated carbocycles. The van der Waals surface area contributed by atoms with Crippen molar-refractivity contribution in [3.05, 3.63) is 45.3 Å². The topological polar surface area (TPSA) is 77.8 Å². The summed E-state index contributed by atoms with van der Waals surface area (Å²) >= 11 is 0. The molecule has 0 saturated heterocycles. The zero-order chi connectivity index (χ0) is 22.3. The van der Waals surface area contributed by atoms with Crippen LogP contribution in [0.25, 0.3) is 10.9 Å². The van der Waals surface area contributed by atoms with Crippen LogP contribution in [-0.2, 0) is 9.47 Å². The third-order valence-corrected chi connectivity index (χ3v) is 3.67. The van der Waals surface area contributed by atoms with Crippen molar-refractivity contribution >= 4 is 23.0 Å². The average molecular weight is 418 g/mol. The number of esters is 1. The number of aromatic nitrogens is 1. The Balaban J connectivity index is 2.93. The number of ether oxygens (including phenoxy) is 2. The lowest BCUT2D eigenvalue weighted by Gasteiger charge is -2.27. The molecule has 2 rings (SSSR count). The van der Waals surface area contributed by atoms with E-state index in [1.807, 2.05) is 0 Å². The number of pyridine rings is 1. The maximum absolute atomic E-state index is 14.5. The SMILES string of the molecule is CCOC(=O)c1cn(N(C)C(=O)OC(C)(C)C)c2c(F)c(F)c(F)c(F)c2c1=O. The third kappa shape index (κ3) is 4.03. The molecular formula is C18H18F4N2O5. The molecular weight excluding hydrogens is 400 g/mol. The quantitative estimate of drug-likeness (QED) is 0.331. The van der Waals surface area contributed by atoms with Crippen LogP contribution in [0.15, 0.2) is 11.0 Å². The number of carbonyl (C=O) groups is 2. The summed E-state index contributed by atoms with van der Waals surface area (Å²) in [5, 5.41) is -0.697. The van der Waals surface area contributed by atoms with E-state index < -0.39 is 62.8 Å². The summed E-state index contributed by atoms with van der Waals surface area (Å²) in [7, 11) is 1.03. The molecule has 0 aliphatic carbocycles. The Morgan fingerprint density at radius 2 is 1.62 bits per heavy atom. The van der Waals surface area contributed by atoms with Crippen LogP contribution >= 0.6 is 0 Å². The van der Waals surface area contributed by atoms with Crippen LogP contribution in [0, 0.1) is 23.3 Å². The van der Waals surface area contributed by atoms with Gasteiger partial charge in [-0.1, -0.05) is 0 Å². The van der Waals surface area contributed by atoms with E-state index >= 15 is 0 Å². The maximum Gasteiger partial charge on any atom is 0.429 e. The third-order valence-electron chi connectivity index (χ3n) is 3.67. The Morgan fingerprint density at radius 3 is 2.14 bits per heavy atom. The first kappa shape index (κ1) is 22.2. The highest BCUT2D eigenvalue weighted by atomic mass is 19.2. The van der Waals surface area contributed by atoms with E-state index in [9.17, 15) is 31.9 Å². The lowest BCUT2D eigenvalue weighted by Crippen LogP contribution is -2.42. The Kier molecular flexibility index (Phi) is 5.91. The molecule has 0 fully saturated rings. The summed E-state index contributed by atoms with van der Waals surface area (Å²) in [5.41, 5.74) is -4.33. The molecule has 2 aromatic rings. The van der Waals surface area contributed by atoms with Gasteiger partial charge in [-0.2, -0.15) is 0 Å². The summed E-state index contributed by atoms with van der Waals surface area (Å²) in [4.78, 5) is 36.9. The largest absolute Gasteiger partial charge is 0.462 e. The summed E-state index contributed by atoms with van der Waals surface area (Å²) < 4.78 is 66.7. The molecule has 1 amide bonds. The molecule has 0 radical (unpaired) electrons.